The Hall–Kier alpha value is -2.60. The summed E-state index contributed by atoms with van der Waals surface area (Å²) in [5.41, 5.74) is 2.18. The first-order chi connectivity index (χ1) is 12.5. The number of rotatable bonds is 5. The molecular weight excluding hydrogens is 348 g/mol. The summed E-state index contributed by atoms with van der Waals surface area (Å²) in [7, 11) is 0. The van der Waals surface area contributed by atoms with E-state index in [0.29, 0.717) is 16.1 Å². The number of benzene rings is 2. The summed E-state index contributed by atoms with van der Waals surface area (Å²) >= 11 is 1.21. The lowest BCUT2D eigenvalue weighted by Crippen LogP contribution is -2.23. The highest BCUT2D eigenvalue weighted by atomic mass is 32.2. The standard InChI is InChI=1S/C20H20N2O3S/c1-13(2)25-18(23)12-26-20-21-16-10-6-5-9-15(16)19(24)22(20)17-11-7-4-8-14(17)3/h4-11,13H,12H2,1-3H3. The van der Waals surface area contributed by atoms with E-state index in [9.17, 15) is 9.59 Å². The molecule has 0 aliphatic heterocycles. The number of carbonyl (C=O) groups excluding carboxylic acids is 1. The van der Waals surface area contributed by atoms with Crippen molar-refractivity contribution in [3.63, 3.8) is 0 Å². The molecule has 2 aromatic carbocycles. The highest BCUT2D eigenvalue weighted by Crippen LogP contribution is 2.23. The van der Waals surface area contributed by atoms with Crippen molar-refractivity contribution in [2.45, 2.75) is 32.0 Å². The van der Waals surface area contributed by atoms with E-state index < -0.39 is 0 Å². The Morgan fingerprint density at radius 3 is 2.58 bits per heavy atom. The number of esters is 1. The Balaban J connectivity index is 2.11. The van der Waals surface area contributed by atoms with Crippen LogP contribution >= 0.6 is 11.8 Å². The van der Waals surface area contributed by atoms with Gasteiger partial charge in [-0.15, -0.1) is 0 Å². The zero-order valence-electron chi connectivity index (χ0n) is 14.9. The minimum atomic E-state index is -0.330. The van der Waals surface area contributed by atoms with Crippen LogP contribution in [0.2, 0.25) is 0 Å². The lowest BCUT2D eigenvalue weighted by Gasteiger charge is -2.15. The van der Waals surface area contributed by atoms with Gasteiger partial charge in [-0.05, 0) is 44.5 Å². The van der Waals surface area contributed by atoms with Crippen molar-refractivity contribution >= 4 is 28.6 Å². The number of nitrogens with zero attached hydrogens (tertiary/aromatic N) is 2. The maximum absolute atomic E-state index is 13.1. The van der Waals surface area contributed by atoms with Crippen LogP contribution in [0.1, 0.15) is 19.4 Å². The van der Waals surface area contributed by atoms with Gasteiger partial charge in [0.05, 0.1) is 28.4 Å². The third kappa shape index (κ3) is 3.80. The van der Waals surface area contributed by atoms with Crippen LogP contribution in [0.5, 0.6) is 0 Å². The van der Waals surface area contributed by atoms with Crippen molar-refractivity contribution in [3.8, 4) is 5.69 Å². The molecule has 0 aliphatic carbocycles. The average Bonchev–Trinajstić information content (AvgIpc) is 2.60. The number of thioether (sulfide) groups is 1. The number of hydrogen-bond donors (Lipinski definition) is 0. The van der Waals surface area contributed by atoms with Crippen molar-refractivity contribution in [1.82, 2.24) is 9.55 Å². The van der Waals surface area contributed by atoms with Gasteiger partial charge in [-0.1, -0.05) is 42.1 Å². The third-order valence-electron chi connectivity index (χ3n) is 3.79. The highest BCUT2D eigenvalue weighted by Gasteiger charge is 2.16. The van der Waals surface area contributed by atoms with Gasteiger partial charge in [-0.25, -0.2) is 4.98 Å². The first kappa shape index (κ1) is 18.2. The third-order valence-corrected chi connectivity index (χ3v) is 4.70. The Bertz CT molecular complexity index is 1010. The maximum Gasteiger partial charge on any atom is 0.316 e. The molecule has 0 saturated heterocycles. The van der Waals surface area contributed by atoms with E-state index in [1.54, 1.807) is 30.5 Å². The molecule has 0 N–H and O–H groups in total. The van der Waals surface area contributed by atoms with Crippen LogP contribution in [-0.2, 0) is 9.53 Å². The van der Waals surface area contributed by atoms with E-state index >= 15 is 0 Å². The van der Waals surface area contributed by atoms with Crippen molar-refractivity contribution in [2.24, 2.45) is 0 Å². The highest BCUT2D eigenvalue weighted by molar-refractivity contribution is 7.99. The minimum Gasteiger partial charge on any atom is -0.462 e. The second-order valence-electron chi connectivity index (χ2n) is 6.17. The van der Waals surface area contributed by atoms with Gasteiger partial charge in [0.25, 0.3) is 5.56 Å². The predicted octanol–water partition coefficient (Wildman–Crippen LogP) is 3.74. The average molecular weight is 368 g/mol. The van der Waals surface area contributed by atoms with Crippen LogP contribution in [-0.4, -0.2) is 27.4 Å². The number of aryl methyl sites for hydroxylation is 1. The molecule has 0 aliphatic rings. The first-order valence-corrected chi connectivity index (χ1v) is 9.36. The molecule has 0 fully saturated rings. The van der Waals surface area contributed by atoms with Crippen LogP contribution in [0.3, 0.4) is 0 Å². The van der Waals surface area contributed by atoms with Gasteiger partial charge in [-0.3, -0.25) is 14.2 Å². The molecule has 0 radical (unpaired) electrons. The molecule has 6 heteroatoms. The molecule has 0 atom stereocenters. The Morgan fingerprint density at radius 1 is 1.15 bits per heavy atom. The van der Waals surface area contributed by atoms with E-state index in [1.165, 1.54) is 11.8 Å². The van der Waals surface area contributed by atoms with Crippen LogP contribution in [0, 0.1) is 6.92 Å². The number of aromatic nitrogens is 2. The van der Waals surface area contributed by atoms with E-state index in [0.717, 1.165) is 11.3 Å². The largest absolute Gasteiger partial charge is 0.462 e. The SMILES string of the molecule is Cc1ccccc1-n1c(SCC(=O)OC(C)C)nc2ccccc2c1=O. The van der Waals surface area contributed by atoms with Gasteiger partial charge in [0.1, 0.15) is 0 Å². The summed E-state index contributed by atoms with van der Waals surface area (Å²) in [5, 5.41) is 1.02. The fraction of sp³-hybridized carbons (Fsp3) is 0.250. The molecule has 1 heterocycles. The van der Waals surface area contributed by atoms with E-state index in [1.807, 2.05) is 43.3 Å². The molecule has 5 nitrogen and oxygen atoms in total. The summed E-state index contributed by atoms with van der Waals surface area (Å²) < 4.78 is 6.76. The second kappa shape index (κ2) is 7.74. The topological polar surface area (TPSA) is 61.2 Å². The molecule has 3 aromatic rings. The van der Waals surface area contributed by atoms with Gasteiger partial charge in [-0.2, -0.15) is 0 Å². The fourth-order valence-electron chi connectivity index (χ4n) is 2.66. The summed E-state index contributed by atoms with van der Waals surface area (Å²) in [6, 6.07) is 14.9. The number of carbonyl (C=O) groups is 1. The minimum absolute atomic E-state index is 0.0921. The van der Waals surface area contributed by atoms with Crippen LogP contribution in [0.4, 0.5) is 0 Å². The molecule has 134 valence electrons. The van der Waals surface area contributed by atoms with Crippen molar-refractivity contribution in [2.75, 3.05) is 5.75 Å². The molecular formula is C20H20N2O3S. The Morgan fingerprint density at radius 2 is 1.85 bits per heavy atom. The van der Waals surface area contributed by atoms with E-state index in [-0.39, 0.29) is 23.4 Å². The van der Waals surface area contributed by atoms with Crippen LogP contribution in [0.25, 0.3) is 16.6 Å². The zero-order chi connectivity index (χ0) is 18.7. The van der Waals surface area contributed by atoms with Gasteiger partial charge in [0.15, 0.2) is 5.16 Å². The molecule has 0 bridgehead atoms. The quantitative estimate of drug-likeness (QED) is 0.390. The van der Waals surface area contributed by atoms with Gasteiger partial charge in [0.2, 0.25) is 0 Å². The lowest BCUT2D eigenvalue weighted by molar-refractivity contribution is -0.144. The number of fused-ring (bicyclic) bond motifs is 1. The molecule has 0 unspecified atom stereocenters. The lowest BCUT2D eigenvalue weighted by atomic mass is 10.2. The Labute approximate surface area is 156 Å². The summed E-state index contributed by atoms with van der Waals surface area (Å²) in [5.74, 6) is -0.238. The Kier molecular flexibility index (Phi) is 5.42. The first-order valence-electron chi connectivity index (χ1n) is 8.37. The number of ether oxygens (including phenoxy) is 1. The summed E-state index contributed by atoms with van der Waals surface area (Å²) in [6.45, 7) is 5.55. The van der Waals surface area contributed by atoms with Crippen molar-refractivity contribution in [1.29, 1.82) is 0 Å². The van der Waals surface area contributed by atoms with E-state index in [4.69, 9.17) is 4.74 Å². The summed E-state index contributed by atoms with van der Waals surface area (Å²) in [4.78, 5) is 29.7. The normalized spacial score (nSPS) is 11.1. The van der Waals surface area contributed by atoms with E-state index in [2.05, 4.69) is 4.98 Å². The summed E-state index contributed by atoms with van der Waals surface area (Å²) in [6.07, 6.45) is -0.175. The molecule has 26 heavy (non-hydrogen) atoms. The number of para-hydroxylation sites is 2. The molecule has 1 aromatic heterocycles. The monoisotopic (exact) mass is 368 g/mol. The van der Waals surface area contributed by atoms with Crippen LogP contribution < -0.4 is 5.56 Å². The van der Waals surface area contributed by atoms with Gasteiger partial charge in [0, 0.05) is 0 Å². The molecule has 0 saturated carbocycles. The van der Waals surface area contributed by atoms with Gasteiger partial charge >= 0.3 is 5.97 Å². The fourth-order valence-corrected chi connectivity index (χ4v) is 3.44. The maximum atomic E-state index is 13.1. The molecule has 0 amide bonds. The van der Waals surface area contributed by atoms with Crippen molar-refractivity contribution < 1.29 is 9.53 Å². The second-order valence-corrected chi connectivity index (χ2v) is 7.11. The van der Waals surface area contributed by atoms with Gasteiger partial charge < -0.3 is 4.74 Å². The molecule has 3 rings (SSSR count). The smallest absolute Gasteiger partial charge is 0.316 e. The zero-order valence-corrected chi connectivity index (χ0v) is 15.7. The van der Waals surface area contributed by atoms with Crippen molar-refractivity contribution in [3.05, 3.63) is 64.4 Å². The molecule has 0 spiro atoms. The van der Waals surface area contributed by atoms with Crippen LogP contribution in [0.15, 0.2) is 58.5 Å². The predicted molar refractivity (Wildman–Crippen MR) is 104 cm³/mol. The number of hydrogen-bond acceptors (Lipinski definition) is 5.